The normalized spacial score (nSPS) is 10.8. The molecule has 0 aliphatic rings. The van der Waals surface area contributed by atoms with Gasteiger partial charge < -0.3 is 10.3 Å². The van der Waals surface area contributed by atoms with Gasteiger partial charge in [-0.05, 0) is 39.3 Å². The van der Waals surface area contributed by atoms with Crippen molar-refractivity contribution in [2.45, 2.75) is 27.2 Å². The maximum Gasteiger partial charge on any atom is 0.170 e. The number of nitrogens with two attached hydrogens (primary N) is 1. The molecule has 0 bridgehead atoms. The summed E-state index contributed by atoms with van der Waals surface area (Å²) < 4.78 is 5.45. The largest absolute Gasteiger partial charge is 0.356 e. The number of hydrogen-bond donors (Lipinski definition) is 1. The summed E-state index contributed by atoms with van der Waals surface area (Å²) in [4.78, 5) is 0. The van der Waals surface area contributed by atoms with Crippen LogP contribution in [0.5, 0.6) is 0 Å². The molecule has 0 atom stereocenters. The van der Waals surface area contributed by atoms with Gasteiger partial charge in [-0.2, -0.15) is 0 Å². The highest BCUT2D eigenvalue weighted by Gasteiger charge is 2.15. The molecule has 0 aliphatic heterocycles. The number of aromatic nitrogens is 1. The summed E-state index contributed by atoms with van der Waals surface area (Å²) in [6, 6.07) is 6.33. The van der Waals surface area contributed by atoms with Gasteiger partial charge in [0.2, 0.25) is 0 Å². The fourth-order valence-electron chi connectivity index (χ4n) is 2.11. The van der Waals surface area contributed by atoms with Crippen LogP contribution < -0.4 is 5.73 Å². The van der Waals surface area contributed by atoms with Crippen molar-refractivity contribution in [1.82, 2.24) is 5.16 Å². The summed E-state index contributed by atoms with van der Waals surface area (Å²) in [7, 11) is 0. The Morgan fingerprint density at radius 2 is 2.00 bits per heavy atom. The van der Waals surface area contributed by atoms with Crippen LogP contribution in [0.15, 0.2) is 22.7 Å². The lowest BCUT2D eigenvalue weighted by Gasteiger charge is -2.05. The quantitative estimate of drug-likeness (QED) is 0.882. The van der Waals surface area contributed by atoms with E-state index < -0.39 is 0 Å². The van der Waals surface area contributed by atoms with Crippen molar-refractivity contribution in [2.24, 2.45) is 5.73 Å². The molecule has 3 heteroatoms. The maximum absolute atomic E-state index is 5.63. The zero-order valence-electron chi connectivity index (χ0n) is 10.6. The van der Waals surface area contributed by atoms with E-state index >= 15 is 0 Å². The van der Waals surface area contributed by atoms with E-state index in [1.807, 2.05) is 6.92 Å². The third-order valence-corrected chi connectivity index (χ3v) is 3.01. The van der Waals surface area contributed by atoms with E-state index in [2.05, 4.69) is 37.2 Å². The predicted molar refractivity (Wildman–Crippen MR) is 68.9 cm³/mol. The Morgan fingerprint density at radius 1 is 1.24 bits per heavy atom. The zero-order valence-corrected chi connectivity index (χ0v) is 10.6. The van der Waals surface area contributed by atoms with Crippen molar-refractivity contribution in [3.8, 4) is 11.3 Å². The molecular formula is C14H18N2O. The molecule has 1 aromatic heterocycles. The van der Waals surface area contributed by atoms with Crippen LogP contribution in [0.3, 0.4) is 0 Å². The smallest absolute Gasteiger partial charge is 0.170 e. The second-order valence-corrected chi connectivity index (χ2v) is 4.43. The summed E-state index contributed by atoms with van der Waals surface area (Å²) >= 11 is 0. The van der Waals surface area contributed by atoms with Crippen molar-refractivity contribution in [1.29, 1.82) is 0 Å². The maximum atomic E-state index is 5.63. The number of hydrogen-bond acceptors (Lipinski definition) is 3. The Bertz CT molecular complexity index is 529. The van der Waals surface area contributed by atoms with Gasteiger partial charge in [-0.25, -0.2) is 0 Å². The molecule has 2 N–H and O–H groups in total. The molecule has 1 heterocycles. The van der Waals surface area contributed by atoms with Gasteiger partial charge in [0.15, 0.2) is 5.76 Å². The third-order valence-electron chi connectivity index (χ3n) is 3.01. The molecule has 0 saturated carbocycles. The van der Waals surface area contributed by atoms with E-state index in [4.69, 9.17) is 10.3 Å². The Kier molecular flexibility index (Phi) is 3.29. The van der Waals surface area contributed by atoms with Crippen LogP contribution in [-0.2, 0) is 6.42 Å². The molecule has 0 fully saturated rings. The Labute approximate surface area is 102 Å². The predicted octanol–water partition coefficient (Wildman–Crippen LogP) is 2.77. The Balaban J connectivity index is 2.52. The summed E-state index contributed by atoms with van der Waals surface area (Å²) in [5.74, 6) is 0.866. The van der Waals surface area contributed by atoms with E-state index in [0.717, 1.165) is 29.0 Å². The molecule has 0 radical (unpaired) electrons. The Morgan fingerprint density at radius 3 is 2.65 bits per heavy atom. The topological polar surface area (TPSA) is 52.0 Å². The van der Waals surface area contributed by atoms with Crippen LogP contribution >= 0.6 is 0 Å². The lowest BCUT2D eigenvalue weighted by Crippen LogP contribution is -2.04. The standard InChI is InChI=1S/C14H18N2O/c1-9-4-5-12(10(2)8-9)14-13(6-7-15)11(3)16-17-14/h4-5,8H,6-7,15H2,1-3H3. The fourth-order valence-corrected chi connectivity index (χ4v) is 2.11. The van der Waals surface area contributed by atoms with Crippen molar-refractivity contribution >= 4 is 0 Å². The first-order valence-electron chi connectivity index (χ1n) is 5.86. The van der Waals surface area contributed by atoms with Crippen LogP contribution in [0.1, 0.15) is 22.4 Å². The molecular weight excluding hydrogens is 212 g/mol. The van der Waals surface area contributed by atoms with Crippen molar-refractivity contribution in [2.75, 3.05) is 6.54 Å². The van der Waals surface area contributed by atoms with Crippen molar-refractivity contribution in [3.63, 3.8) is 0 Å². The first-order chi connectivity index (χ1) is 8.13. The number of benzene rings is 1. The van der Waals surface area contributed by atoms with E-state index in [-0.39, 0.29) is 0 Å². The van der Waals surface area contributed by atoms with Crippen LogP contribution in [0.4, 0.5) is 0 Å². The molecule has 0 unspecified atom stereocenters. The zero-order chi connectivity index (χ0) is 12.4. The second-order valence-electron chi connectivity index (χ2n) is 4.43. The van der Waals surface area contributed by atoms with E-state index in [1.165, 1.54) is 11.1 Å². The molecule has 2 rings (SSSR count). The molecule has 2 aromatic rings. The fraction of sp³-hybridized carbons (Fsp3) is 0.357. The third kappa shape index (κ3) is 2.24. The molecule has 3 nitrogen and oxygen atoms in total. The number of rotatable bonds is 3. The highest BCUT2D eigenvalue weighted by molar-refractivity contribution is 5.66. The summed E-state index contributed by atoms with van der Waals surface area (Å²) in [6.07, 6.45) is 0.804. The van der Waals surface area contributed by atoms with Gasteiger partial charge in [0, 0.05) is 11.1 Å². The summed E-state index contributed by atoms with van der Waals surface area (Å²) in [5, 5.41) is 4.04. The molecule has 17 heavy (non-hydrogen) atoms. The van der Waals surface area contributed by atoms with Crippen LogP contribution in [0, 0.1) is 20.8 Å². The van der Waals surface area contributed by atoms with E-state index in [9.17, 15) is 0 Å². The molecule has 0 amide bonds. The van der Waals surface area contributed by atoms with Crippen LogP contribution in [-0.4, -0.2) is 11.7 Å². The molecule has 0 saturated heterocycles. The van der Waals surface area contributed by atoms with Crippen molar-refractivity contribution < 1.29 is 4.52 Å². The van der Waals surface area contributed by atoms with Gasteiger partial charge in [0.25, 0.3) is 0 Å². The molecule has 0 spiro atoms. The van der Waals surface area contributed by atoms with E-state index in [0.29, 0.717) is 6.54 Å². The second kappa shape index (κ2) is 4.72. The minimum Gasteiger partial charge on any atom is -0.356 e. The average Bonchev–Trinajstić information content (AvgIpc) is 2.62. The lowest BCUT2D eigenvalue weighted by molar-refractivity contribution is 0.426. The van der Waals surface area contributed by atoms with Gasteiger partial charge in [-0.1, -0.05) is 28.9 Å². The van der Waals surface area contributed by atoms with Crippen molar-refractivity contribution in [3.05, 3.63) is 40.6 Å². The molecule has 0 aliphatic carbocycles. The Hall–Kier alpha value is -1.61. The van der Waals surface area contributed by atoms with E-state index in [1.54, 1.807) is 0 Å². The average molecular weight is 230 g/mol. The lowest BCUT2D eigenvalue weighted by atomic mass is 9.99. The SMILES string of the molecule is Cc1ccc(-c2onc(C)c2CCN)c(C)c1. The van der Waals surface area contributed by atoms with Crippen LogP contribution in [0.25, 0.3) is 11.3 Å². The minimum absolute atomic E-state index is 0.611. The highest BCUT2D eigenvalue weighted by Crippen LogP contribution is 2.29. The summed E-state index contributed by atoms with van der Waals surface area (Å²) in [6.45, 7) is 6.75. The van der Waals surface area contributed by atoms with Crippen LogP contribution in [0.2, 0.25) is 0 Å². The first kappa shape index (κ1) is 11.9. The highest BCUT2D eigenvalue weighted by atomic mass is 16.5. The number of nitrogens with zero attached hydrogens (tertiary/aromatic N) is 1. The van der Waals surface area contributed by atoms with Gasteiger partial charge >= 0.3 is 0 Å². The van der Waals surface area contributed by atoms with Gasteiger partial charge in [-0.3, -0.25) is 0 Å². The molecule has 90 valence electrons. The molecule has 1 aromatic carbocycles. The monoisotopic (exact) mass is 230 g/mol. The minimum atomic E-state index is 0.611. The van der Waals surface area contributed by atoms with Gasteiger partial charge in [0.05, 0.1) is 5.69 Å². The van der Waals surface area contributed by atoms with Gasteiger partial charge in [0.1, 0.15) is 0 Å². The number of aryl methyl sites for hydroxylation is 3. The van der Waals surface area contributed by atoms with Gasteiger partial charge in [-0.15, -0.1) is 0 Å². The first-order valence-corrected chi connectivity index (χ1v) is 5.86. The summed E-state index contributed by atoms with van der Waals surface area (Å²) in [5.41, 5.74) is 11.3.